The van der Waals surface area contributed by atoms with Crippen molar-refractivity contribution in [3.63, 3.8) is 0 Å². The van der Waals surface area contributed by atoms with Crippen molar-refractivity contribution in [1.29, 1.82) is 5.26 Å². The summed E-state index contributed by atoms with van der Waals surface area (Å²) in [5, 5.41) is 8.75. The van der Waals surface area contributed by atoms with Crippen LogP contribution in [0.1, 0.15) is 18.1 Å². The SMILES string of the molecule is CC(=O)OCc1cc(Oc2ccc(C#N)cc2)ccc1Br. The Labute approximate surface area is 131 Å². The number of nitrogens with zero attached hydrogens (tertiary/aromatic N) is 1. The van der Waals surface area contributed by atoms with Gasteiger partial charge in [0.15, 0.2) is 0 Å². The van der Waals surface area contributed by atoms with Gasteiger partial charge in [-0.05, 0) is 42.5 Å². The third-order valence-electron chi connectivity index (χ3n) is 2.67. The van der Waals surface area contributed by atoms with Crippen LogP contribution in [0.2, 0.25) is 0 Å². The first-order valence-electron chi connectivity index (χ1n) is 6.18. The van der Waals surface area contributed by atoms with Gasteiger partial charge in [0.2, 0.25) is 0 Å². The minimum atomic E-state index is -0.333. The molecule has 21 heavy (non-hydrogen) atoms. The van der Waals surface area contributed by atoms with Gasteiger partial charge in [-0.2, -0.15) is 5.26 Å². The van der Waals surface area contributed by atoms with Gasteiger partial charge in [-0.3, -0.25) is 4.79 Å². The van der Waals surface area contributed by atoms with Crippen LogP contribution < -0.4 is 4.74 Å². The minimum Gasteiger partial charge on any atom is -0.461 e. The van der Waals surface area contributed by atoms with Gasteiger partial charge in [-0.1, -0.05) is 15.9 Å². The Morgan fingerprint density at radius 1 is 1.19 bits per heavy atom. The third-order valence-corrected chi connectivity index (χ3v) is 3.44. The van der Waals surface area contributed by atoms with Crippen molar-refractivity contribution >= 4 is 21.9 Å². The summed E-state index contributed by atoms with van der Waals surface area (Å²) >= 11 is 3.40. The van der Waals surface area contributed by atoms with Crippen molar-refractivity contribution in [2.24, 2.45) is 0 Å². The van der Waals surface area contributed by atoms with Crippen molar-refractivity contribution in [1.82, 2.24) is 0 Å². The van der Waals surface area contributed by atoms with Gasteiger partial charge < -0.3 is 9.47 Å². The number of ether oxygens (including phenoxy) is 2. The van der Waals surface area contributed by atoms with Crippen molar-refractivity contribution in [2.75, 3.05) is 0 Å². The molecule has 0 saturated carbocycles. The van der Waals surface area contributed by atoms with Gasteiger partial charge in [-0.25, -0.2) is 0 Å². The molecule has 0 atom stereocenters. The first-order chi connectivity index (χ1) is 10.1. The lowest BCUT2D eigenvalue weighted by Gasteiger charge is -2.09. The smallest absolute Gasteiger partial charge is 0.302 e. The Kier molecular flexibility index (Phi) is 4.96. The molecule has 0 N–H and O–H groups in total. The topological polar surface area (TPSA) is 59.3 Å². The van der Waals surface area contributed by atoms with Gasteiger partial charge >= 0.3 is 5.97 Å². The van der Waals surface area contributed by atoms with E-state index >= 15 is 0 Å². The second kappa shape index (κ2) is 6.91. The van der Waals surface area contributed by atoms with Crippen molar-refractivity contribution in [3.8, 4) is 17.6 Å². The number of carbonyl (C=O) groups is 1. The van der Waals surface area contributed by atoms with Crippen LogP contribution in [0.5, 0.6) is 11.5 Å². The average molecular weight is 346 g/mol. The van der Waals surface area contributed by atoms with E-state index < -0.39 is 0 Å². The van der Waals surface area contributed by atoms with Crippen molar-refractivity contribution in [2.45, 2.75) is 13.5 Å². The second-order valence-electron chi connectivity index (χ2n) is 4.27. The molecule has 2 aromatic carbocycles. The highest BCUT2D eigenvalue weighted by atomic mass is 79.9. The third kappa shape index (κ3) is 4.33. The summed E-state index contributed by atoms with van der Waals surface area (Å²) in [7, 11) is 0. The number of rotatable bonds is 4. The molecule has 106 valence electrons. The minimum absolute atomic E-state index is 0.181. The largest absolute Gasteiger partial charge is 0.461 e. The Bertz CT molecular complexity index is 690. The van der Waals surface area contributed by atoms with Crippen molar-refractivity contribution < 1.29 is 14.3 Å². The molecule has 2 rings (SSSR count). The number of carbonyl (C=O) groups excluding carboxylic acids is 1. The molecule has 5 heteroatoms. The van der Waals surface area contributed by atoms with Gasteiger partial charge in [0, 0.05) is 17.0 Å². The van der Waals surface area contributed by atoms with Crippen LogP contribution in [-0.2, 0) is 16.1 Å². The zero-order chi connectivity index (χ0) is 15.2. The summed E-state index contributed by atoms with van der Waals surface area (Å²) < 4.78 is 11.5. The van der Waals surface area contributed by atoms with E-state index in [0.717, 1.165) is 10.0 Å². The Morgan fingerprint density at radius 3 is 2.48 bits per heavy atom. The molecule has 0 saturated heterocycles. The summed E-state index contributed by atoms with van der Waals surface area (Å²) in [4.78, 5) is 10.9. The predicted octanol–water partition coefficient (Wildman–Crippen LogP) is 4.18. The molecular weight excluding hydrogens is 334 g/mol. The molecule has 0 radical (unpaired) electrons. The first kappa shape index (κ1) is 15.1. The molecule has 0 aliphatic rings. The second-order valence-corrected chi connectivity index (χ2v) is 5.13. The zero-order valence-corrected chi connectivity index (χ0v) is 12.9. The molecule has 0 heterocycles. The monoisotopic (exact) mass is 345 g/mol. The Hall–Kier alpha value is -2.32. The fraction of sp³-hybridized carbons (Fsp3) is 0.125. The van der Waals surface area contributed by atoms with Crippen LogP contribution in [0.25, 0.3) is 0 Å². The molecule has 0 aliphatic heterocycles. The van der Waals surface area contributed by atoms with Crippen molar-refractivity contribution in [3.05, 3.63) is 58.1 Å². The highest BCUT2D eigenvalue weighted by molar-refractivity contribution is 9.10. The summed E-state index contributed by atoms with van der Waals surface area (Å²) in [5.74, 6) is 0.931. The molecule has 0 aliphatic carbocycles. The fourth-order valence-electron chi connectivity index (χ4n) is 1.64. The van der Waals surface area contributed by atoms with E-state index in [1.807, 2.05) is 6.07 Å². The lowest BCUT2D eigenvalue weighted by molar-refractivity contribution is -0.142. The summed E-state index contributed by atoms with van der Waals surface area (Å²) in [5.41, 5.74) is 1.39. The molecule has 0 spiro atoms. The average Bonchev–Trinajstić information content (AvgIpc) is 2.48. The summed E-state index contributed by atoms with van der Waals surface area (Å²) in [6.07, 6.45) is 0. The standard InChI is InChI=1S/C16H12BrNO3/c1-11(19)20-10-13-8-15(6-7-16(13)17)21-14-4-2-12(9-18)3-5-14/h2-8H,10H2,1H3. The van der Waals surface area contributed by atoms with Crippen LogP contribution in [0, 0.1) is 11.3 Å². The maximum Gasteiger partial charge on any atom is 0.302 e. The molecule has 0 amide bonds. The van der Waals surface area contributed by atoms with Crippen LogP contribution in [-0.4, -0.2) is 5.97 Å². The lowest BCUT2D eigenvalue weighted by Crippen LogP contribution is -1.99. The van der Waals surface area contributed by atoms with E-state index in [0.29, 0.717) is 17.1 Å². The lowest BCUT2D eigenvalue weighted by atomic mass is 10.2. The number of hydrogen-bond acceptors (Lipinski definition) is 4. The number of hydrogen-bond donors (Lipinski definition) is 0. The van der Waals surface area contributed by atoms with Crippen LogP contribution in [0.15, 0.2) is 46.9 Å². The number of benzene rings is 2. The molecule has 0 fully saturated rings. The molecule has 0 aromatic heterocycles. The number of esters is 1. The molecule has 0 unspecified atom stereocenters. The molecule has 2 aromatic rings. The number of nitriles is 1. The van der Waals surface area contributed by atoms with E-state index in [1.165, 1.54) is 6.92 Å². The maximum atomic E-state index is 10.9. The van der Waals surface area contributed by atoms with Crippen LogP contribution >= 0.6 is 15.9 Å². The highest BCUT2D eigenvalue weighted by Gasteiger charge is 2.06. The molecular formula is C16H12BrNO3. The predicted molar refractivity (Wildman–Crippen MR) is 80.8 cm³/mol. The first-order valence-corrected chi connectivity index (χ1v) is 6.97. The van der Waals surface area contributed by atoms with E-state index in [2.05, 4.69) is 22.0 Å². The summed E-state index contributed by atoms with van der Waals surface area (Å²) in [6.45, 7) is 1.55. The maximum absolute atomic E-state index is 10.9. The van der Waals surface area contributed by atoms with Gasteiger partial charge in [-0.15, -0.1) is 0 Å². The van der Waals surface area contributed by atoms with Gasteiger partial charge in [0.25, 0.3) is 0 Å². The van der Waals surface area contributed by atoms with E-state index in [-0.39, 0.29) is 12.6 Å². The molecule has 0 bridgehead atoms. The Morgan fingerprint density at radius 2 is 1.86 bits per heavy atom. The van der Waals surface area contributed by atoms with E-state index in [9.17, 15) is 4.79 Å². The summed E-state index contributed by atoms with van der Waals surface area (Å²) in [6, 6.07) is 14.3. The highest BCUT2D eigenvalue weighted by Crippen LogP contribution is 2.27. The fourth-order valence-corrected chi connectivity index (χ4v) is 2.00. The van der Waals surface area contributed by atoms with Crippen LogP contribution in [0.4, 0.5) is 0 Å². The van der Waals surface area contributed by atoms with Gasteiger partial charge in [0.1, 0.15) is 18.1 Å². The van der Waals surface area contributed by atoms with Crippen LogP contribution in [0.3, 0.4) is 0 Å². The Balaban J connectivity index is 2.14. The van der Waals surface area contributed by atoms with E-state index in [1.54, 1.807) is 36.4 Å². The molecule has 4 nitrogen and oxygen atoms in total. The van der Waals surface area contributed by atoms with Gasteiger partial charge in [0.05, 0.1) is 11.6 Å². The van der Waals surface area contributed by atoms with E-state index in [4.69, 9.17) is 14.7 Å². The zero-order valence-electron chi connectivity index (χ0n) is 11.3. The quantitative estimate of drug-likeness (QED) is 0.780. The normalized spacial score (nSPS) is 9.76. The number of halogens is 1.